The number of aldehydes is 1. The van der Waals surface area contributed by atoms with Crippen LogP contribution in [0.1, 0.15) is 60.8 Å². The van der Waals surface area contributed by atoms with Gasteiger partial charge >= 0.3 is 0 Å². The fourth-order valence-electron chi connectivity index (χ4n) is 7.49. The molecule has 0 radical (unpaired) electrons. The number of hydrogen-bond acceptors (Lipinski definition) is 6. The van der Waals surface area contributed by atoms with Gasteiger partial charge in [-0.05, 0) is 57.5 Å². The van der Waals surface area contributed by atoms with Crippen LogP contribution in [-0.4, -0.2) is 12.4 Å². The van der Waals surface area contributed by atoms with Gasteiger partial charge in [0, 0.05) is 24.0 Å². The van der Waals surface area contributed by atoms with E-state index in [1.54, 1.807) is 0 Å². The fourth-order valence-corrected chi connectivity index (χ4v) is 7.49. The zero-order chi connectivity index (χ0) is 39.4. The molecule has 7 aromatic carbocycles. The Kier molecular flexibility index (Phi) is 12.5. The number of hydrogen-bond donors (Lipinski definition) is 0. The summed E-state index contributed by atoms with van der Waals surface area (Å²) in [6, 6.07) is 58.6. The van der Waals surface area contributed by atoms with Crippen molar-refractivity contribution in [2.45, 2.75) is 57.9 Å². The lowest BCUT2D eigenvalue weighted by atomic mass is 9.76. The molecule has 0 saturated heterocycles. The van der Waals surface area contributed by atoms with Gasteiger partial charge in [0.1, 0.15) is 37.9 Å². The van der Waals surface area contributed by atoms with E-state index in [1.165, 1.54) is 0 Å². The minimum Gasteiger partial charge on any atom is -0.488 e. The van der Waals surface area contributed by atoms with Crippen molar-refractivity contribution >= 4 is 6.29 Å². The van der Waals surface area contributed by atoms with Crippen LogP contribution >= 0.6 is 0 Å². The highest BCUT2D eigenvalue weighted by Gasteiger charge is 2.36. The van der Waals surface area contributed by atoms with Gasteiger partial charge in [0.15, 0.2) is 17.8 Å². The largest absolute Gasteiger partial charge is 0.488 e. The van der Waals surface area contributed by atoms with Crippen molar-refractivity contribution in [2.24, 2.45) is 0 Å². The monoisotopic (exact) mass is 766 g/mol. The van der Waals surface area contributed by atoms with Gasteiger partial charge < -0.3 is 23.7 Å². The summed E-state index contributed by atoms with van der Waals surface area (Å²) in [5, 5.41) is 0. The number of ether oxygens (including phenoxy) is 5. The van der Waals surface area contributed by atoms with E-state index in [-0.39, 0.29) is 12.0 Å². The highest BCUT2D eigenvalue weighted by Crippen LogP contribution is 2.45. The predicted octanol–water partition coefficient (Wildman–Crippen LogP) is 11.3. The zero-order valence-corrected chi connectivity index (χ0v) is 32.4. The molecule has 6 nitrogen and oxygen atoms in total. The van der Waals surface area contributed by atoms with Gasteiger partial charge in [-0.15, -0.1) is 0 Å². The molecule has 7 aromatic rings. The van der Waals surface area contributed by atoms with Crippen LogP contribution in [0, 0.1) is 0 Å². The molecule has 0 aliphatic heterocycles. The van der Waals surface area contributed by atoms with Gasteiger partial charge in [-0.1, -0.05) is 158 Å². The summed E-state index contributed by atoms with van der Waals surface area (Å²) < 4.78 is 32.9. The van der Waals surface area contributed by atoms with Crippen LogP contribution in [0.25, 0.3) is 0 Å². The summed E-state index contributed by atoms with van der Waals surface area (Å²) in [6.07, 6.45) is 1.73. The summed E-state index contributed by atoms with van der Waals surface area (Å²) in [5.74, 6) is 2.36. The standard InChI is InChI=1S/C52H46O6/c53-32-47-45-29-44(43-26-27-48(54-33-38-16-6-1-7-17-38)52(28-43)58-37-42-24-14-5-15-25-42)49(55-34-39-18-8-2-9-19-39)30-46(45)50(56-35-40-20-10-3-11-21-40)31-51(47)57-36-41-22-12-4-13-23-41/h1-28,31-32,44,49H,29-30,33-37H2/t44-,49+/m1/s1. The van der Waals surface area contributed by atoms with E-state index < -0.39 is 0 Å². The van der Waals surface area contributed by atoms with E-state index in [4.69, 9.17) is 23.7 Å². The normalized spacial score (nSPS) is 14.6. The van der Waals surface area contributed by atoms with E-state index in [2.05, 4.69) is 36.4 Å². The molecule has 2 atom stereocenters. The van der Waals surface area contributed by atoms with Gasteiger partial charge in [-0.25, -0.2) is 0 Å². The molecule has 1 aliphatic rings. The average molecular weight is 767 g/mol. The predicted molar refractivity (Wildman–Crippen MR) is 227 cm³/mol. The van der Waals surface area contributed by atoms with Crippen LogP contribution in [0.5, 0.6) is 23.0 Å². The Morgan fingerprint density at radius 2 is 0.845 bits per heavy atom. The lowest BCUT2D eigenvalue weighted by molar-refractivity contribution is 0.0172. The highest BCUT2D eigenvalue weighted by atomic mass is 16.5. The lowest BCUT2D eigenvalue weighted by Crippen LogP contribution is -2.32. The van der Waals surface area contributed by atoms with Crippen molar-refractivity contribution in [1.82, 2.24) is 0 Å². The average Bonchev–Trinajstić information content (AvgIpc) is 3.29. The number of carbonyl (C=O) groups is 1. The van der Waals surface area contributed by atoms with Gasteiger partial charge in [-0.2, -0.15) is 0 Å². The summed E-state index contributed by atoms with van der Waals surface area (Å²) in [6.45, 7) is 1.91. The minimum atomic E-state index is -0.250. The molecule has 0 unspecified atom stereocenters. The Bertz CT molecular complexity index is 2370. The Hall–Kier alpha value is -6.63. The maximum atomic E-state index is 13.2. The smallest absolute Gasteiger partial charge is 0.161 e. The first-order chi connectivity index (χ1) is 28.7. The molecule has 6 heteroatoms. The van der Waals surface area contributed by atoms with Crippen LogP contribution in [0.3, 0.4) is 0 Å². The summed E-state index contributed by atoms with van der Waals surface area (Å²) in [4.78, 5) is 13.2. The first-order valence-corrected chi connectivity index (χ1v) is 19.8. The molecule has 8 rings (SSSR count). The summed E-state index contributed by atoms with van der Waals surface area (Å²) >= 11 is 0. The Labute approximate surface area is 340 Å². The number of benzene rings is 7. The van der Waals surface area contributed by atoms with Crippen LogP contribution < -0.4 is 18.9 Å². The fraction of sp³-hybridized carbons (Fsp3) is 0.173. The Morgan fingerprint density at radius 3 is 1.33 bits per heavy atom. The third-order valence-corrected chi connectivity index (χ3v) is 10.6. The van der Waals surface area contributed by atoms with E-state index in [1.807, 2.05) is 140 Å². The van der Waals surface area contributed by atoms with Gasteiger partial charge in [-0.3, -0.25) is 4.79 Å². The Balaban J connectivity index is 1.18. The van der Waals surface area contributed by atoms with Crippen molar-refractivity contribution in [3.8, 4) is 23.0 Å². The molecule has 0 bridgehead atoms. The molecule has 0 amide bonds. The van der Waals surface area contributed by atoms with Crippen LogP contribution in [0.2, 0.25) is 0 Å². The Morgan fingerprint density at radius 1 is 0.414 bits per heavy atom. The zero-order valence-electron chi connectivity index (χ0n) is 32.4. The SMILES string of the molecule is O=Cc1c(OCc2ccccc2)cc(OCc2ccccc2)c2c1C[C@H](c1ccc(OCc3ccccc3)c(OCc3ccccc3)c1)[C@@H](OCc1ccccc1)C2. The molecule has 0 fully saturated rings. The van der Waals surface area contributed by atoms with Crippen LogP contribution in [0.4, 0.5) is 0 Å². The first kappa shape index (κ1) is 38.3. The summed E-state index contributed by atoms with van der Waals surface area (Å²) in [5.41, 5.74) is 8.69. The van der Waals surface area contributed by atoms with Gasteiger partial charge in [0.25, 0.3) is 0 Å². The van der Waals surface area contributed by atoms with Crippen molar-refractivity contribution in [1.29, 1.82) is 0 Å². The van der Waals surface area contributed by atoms with Crippen molar-refractivity contribution in [3.05, 3.63) is 226 Å². The lowest BCUT2D eigenvalue weighted by Gasteiger charge is -2.36. The topological polar surface area (TPSA) is 63.2 Å². The number of carbonyl (C=O) groups excluding carboxylic acids is 1. The minimum absolute atomic E-state index is 0.136. The van der Waals surface area contributed by atoms with Gasteiger partial charge in [0.2, 0.25) is 0 Å². The third kappa shape index (κ3) is 9.66. The third-order valence-electron chi connectivity index (χ3n) is 10.6. The molecule has 58 heavy (non-hydrogen) atoms. The molecule has 0 heterocycles. The molecule has 0 aromatic heterocycles. The molecule has 0 spiro atoms. The van der Waals surface area contributed by atoms with Crippen molar-refractivity contribution in [2.75, 3.05) is 0 Å². The maximum Gasteiger partial charge on any atom is 0.161 e. The molecule has 0 saturated carbocycles. The molecular weight excluding hydrogens is 721 g/mol. The van der Waals surface area contributed by atoms with E-state index >= 15 is 0 Å². The highest BCUT2D eigenvalue weighted by molar-refractivity contribution is 5.84. The van der Waals surface area contributed by atoms with Crippen molar-refractivity contribution < 1.29 is 28.5 Å². The van der Waals surface area contributed by atoms with Crippen LogP contribution in [-0.2, 0) is 50.6 Å². The first-order valence-electron chi connectivity index (χ1n) is 19.8. The number of fused-ring (bicyclic) bond motifs is 1. The van der Waals surface area contributed by atoms with Crippen molar-refractivity contribution in [3.63, 3.8) is 0 Å². The van der Waals surface area contributed by atoms with Gasteiger partial charge in [0.05, 0.1) is 18.3 Å². The molecule has 290 valence electrons. The van der Waals surface area contributed by atoms with E-state index in [0.29, 0.717) is 74.4 Å². The second kappa shape index (κ2) is 19.0. The second-order valence-corrected chi connectivity index (χ2v) is 14.5. The van der Waals surface area contributed by atoms with E-state index in [0.717, 1.165) is 50.8 Å². The second-order valence-electron chi connectivity index (χ2n) is 14.5. The quantitative estimate of drug-likeness (QED) is 0.0860. The van der Waals surface area contributed by atoms with Crippen LogP contribution in [0.15, 0.2) is 176 Å². The van der Waals surface area contributed by atoms with E-state index in [9.17, 15) is 4.79 Å². The molecule has 0 N–H and O–H groups in total. The molecule has 1 aliphatic carbocycles. The summed E-state index contributed by atoms with van der Waals surface area (Å²) in [7, 11) is 0. The maximum absolute atomic E-state index is 13.2. The number of rotatable bonds is 17. The molecular formula is C52H46O6.